The number of methoxy groups -OCH3 is 1. The predicted molar refractivity (Wildman–Crippen MR) is 120 cm³/mol. The number of hydrogen-bond acceptors (Lipinski definition) is 9. The second kappa shape index (κ2) is 9.76. The highest BCUT2D eigenvalue weighted by Crippen LogP contribution is 2.39. The van der Waals surface area contributed by atoms with E-state index in [1.54, 1.807) is 10.9 Å². The molecule has 1 saturated carbocycles. The molecule has 200 valence electrons. The summed E-state index contributed by atoms with van der Waals surface area (Å²) in [6.45, 7) is 1.46. The van der Waals surface area contributed by atoms with Crippen molar-refractivity contribution in [2.75, 3.05) is 13.7 Å². The standard InChI is InChI=1S/C23H27F3N6O5/c1-23(6-12(34)7-23)32-8-11(27-30-32)5-16-22(36-2)20(21(35)17(10-33)37-16)31-9-15(28-29-31)13-3-4-14(24)19(26)18(13)25/h3-4,8-9,12,16-17,20-22,33-35H,5-7,10H2,1-2H3/t12?,16-,17-,20+,21+,22+,23?/m1/s1. The Bertz CT molecular complexity index is 1270. The smallest absolute Gasteiger partial charge is 0.195 e. The number of benzene rings is 1. The Hall–Kier alpha value is -2.91. The predicted octanol–water partition coefficient (Wildman–Crippen LogP) is 0.743. The number of aliphatic hydroxyl groups is 3. The molecule has 1 aliphatic carbocycles. The summed E-state index contributed by atoms with van der Waals surface area (Å²) in [5.74, 6) is -4.38. The van der Waals surface area contributed by atoms with E-state index >= 15 is 0 Å². The van der Waals surface area contributed by atoms with E-state index in [4.69, 9.17) is 9.47 Å². The Morgan fingerprint density at radius 2 is 1.84 bits per heavy atom. The van der Waals surface area contributed by atoms with Crippen molar-refractivity contribution < 1.29 is 38.0 Å². The van der Waals surface area contributed by atoms with Crippen molar-refractivity contribution in [1.82, 2.24) is 30.0 Å². The molecule has 1 aromatic carbocycles. The minimum atomic E-state index is -1.63. The molecule has 2 aromatic heterocycles. The van der Waals surface area contributed by atoms with E-state index < -0.39 is 54.5 Å². The lowest BCUT2D eigenvalue weighted by Gasteiger charge is -2.43. The summed E-state index contributed by atoms with van der Waals surface area (Å²) < 4.78 is 56.0. The quantitative estimate of drug-likeness (QED) is 0.382. The van der Waals surface area contributed by atoms with E-state index in [-0.39, 0.29) is 29.3 Å². The van der Waals surface area contributed by atoms with Gasteiger partial charge in [-0.1, -0.05) is 10.4 Å². The van der Waals surface area contributed by atoms with Gasteiger partial charge in [-0.3, -0.25) is 0 Å². The van der Waals surface area contributed by atoms with Crippen LogP contribution in [0.1, 0.15) is 31.5 Å². The van der Waals surface area contributed by atoms with Crippen LogP contribution in [0.3, 0.4) is 0 Å². The maximum absolute atomic E-state index is 14.3. The molecule has 1 aliphatic heterocycles. The summed E-state index contributed by atoms with van der Waals surface area (Å²) in [6.07, 6.45) is 0.190. The lowest BCUT2D eigenvalue weighted by atomic mass is 9.76. The van der Waals surface area contributed by atoms with Crippen molar-refractivity contribution in [1.29, 1.82) is 0 Å². The highest BCUT2D eigenvalue weighted by Gasteiger charge is 2.48. The molecule has 37 heavy (non-hydrogen) atoms. The maximum atomic E-state index is 14.3. The van der Waals surface area contributed by atoms with Gasteiger partial charge >= 0.3 is 0 Å². The summed E-state index contributed by atoms with van der Waals surface area (Å²) in [5, 5.41) is 46.8. The van der Waals surface area contributed by atoms with Gasteiger partial charge in [-0.15, -0.1) is 10.2 Å². The van der Waals surface area contributed by atoms with Gasteiger partial charge in [0.2, 0.25) is 0 Å². The Labute approximate surface area is 209 Å². The van der Waals surface area contributed by atoms with Gasteiger partial charge in [0, 0.05) is 25.3 Å². The summed E-state index contributed by atoms with van der Waals surface area (Å²) >= 11 is 0. The number of hydrogen-bond donors (Lipinski definition) is 3. The number of rotatable bonds is 7. The molecular weight excluding hydrogens is 497 g/mol. The fourth-order valence-corrected chi connectivity index (χ4v) is 5.20. The van der Waals surface area contributed by atoms with E-state index in [1.165, 1.54) is 18.0 Å². The molecule has 5 rings (SSSR count). The van der Waals surface area contributed by atoms with Crippen molar-refractivity contribution in [3.63, 3.8) is 0 Å². The lowest BCUT2D eigenvalue weighted by Crippen LogP contribution is -2.57. The Morgan fingerprint density at radius 3 is 2.51 bits per heavy atom. The SMILES string of the molecule is CO[C@@H]1[C@@H](n2cc(-c3ccc(F)c(F)c3F)nn2)[C@@H](O)[C@@H](CO)O[C@@H]1Cc1cn(C2(C)CC(O)C2)nn1. The van der Waals surface area contributed by atoms with Crippen LogP contribution in [0.5, 0.6) is 0 Å². The van der Waals surface area contributed by atoms with Gasteiger partial charge in [0.1, 0.15) is 30.0 Å². The molecule has 3 aromatic rings. The zero-order valence-electron chi connectivity index (χ0n) is 20.1. The summed E-state index contributed by atoms with van der Waals surface area (Å²) in [6, 6.07) is 0.898. The Kier molecular flexibility index (Phi) is 6.79. The van der Waals surface area contributed by atoms with Crippen LogP contribution in [-0.4, -0.2) is 89.5 Å². The highest BCUT2D eigenvalue weighted by atomic mass is 19.2. The van der Waals surface area contributed by atoms with Gasteiger partial charge in [-0.05, 0) is 31.9 Å². The lowest BCUT2D eigenvalue weighted by molar-refractivity contribution is -0.212. The van der Waals surface area contributed by atoms with Crippen molar-refractivity contribution in [2.45, 2.75) is 68.3 Å². The molecule has 0 bridgehead atoms. The van der Waals surface area contributed by atoms with E-state index in [1.807, 2.05) is 6.92 Å². The van der Waals surface area contributed by atoms with Crippen LogP contribution in [0.2, 0.25) is 0 Å². The van der Waals surface area contributed by atoms with Crippen molar-refractivity contribution in [3.05, 3.63) is 47.7 Å². The fourth-order valence-electron chi connectivity index (χ4n) is 5.20. The molecule has 0 radical (unpaired) electrons. The molecule has 1 saturated heterocycles. The molecule has 11 nitrogen and oxygen atoms in total. The second-order valence-electron chi connectivity index (χ2n) is 9.80. The largest absolute Gasteiger partial charge is 0.394 e. The zero-order chi connectivity index (χ0) is 26.5. The second-order valence-corrected chi connectivity index (χ2v) is 9.80. The minimum Gasteiger partial charge on any atom is -0.394 e. The van der Waals surface area contributed by atoms with Gasteiger partial charge in [-0.2, -0.15) is 0 Å². The van der Waals surface area contributed by atoms with Crippen LogP contribution in [0.25, 0.3) is 11.3 Å². The van der Waals surface area contributed by atoms with Crippen molar-refractivity contribution in [2.24, 2.45) is 0 Å². The fraction of sp³-hybridized carbons (Fsp3) is 0.565. The summed E-state index contributed by atoms with van der Waals surface area (Å²) in [4.78, 5) is 0. The van der Waals surface area contributed by atoms with Gasteiger partial charge in [-0.25, -0.2) is 22.5 Å². The van der Waals surface area contributed by atoms with Crippen LogP contribution in [-0.2, 0) is 21.4 Å². The molecule has 5 atom stereocenters. The first kappa shape index (κ1) is 25.7. The van der Waals surface area contributed by atoms with Crippen LogP contribution < -0.4 is 0 Å². The highest BCUT2D eigenvalue weighted by molar-refractivity contribution is 5.58. The molecular formula is C23H27F3N6O5. The average Bonchev–Trinajstić information content (AvgIpc) is 3.52. The first-order valence-corrected chi connectivity index (χ1v) is 11.8. The van der Waals surface area contributed by atoms with E-state index in [0.29, 0.717) is 18.5 Å². The molecule has 0 unspecified atom stereocenters. The number of ether oxygens (including phenoxy) is 2. The molecule has 0 spiro atoms. The monoisotopic (exact) mass is 524 g/mol. The third-order valence-electron chi connectivity index (χ3n) is 7.22. The maximum Gasteiger partial charge on any atom is 0.195 e. The van der Waals surface area contributed by atoms with Gasteiger partial charge < -0.3 is 24.8 Å². The summed E-state index contributed by atoms with van der Waals surface area (Å²) in [5.41, 5.74) is -0.148. The number of aromatic nitrogens is 6. The third kappa shape index (κ3) is 4.52. The van der Waals surface area contributed by atoms with Crippen LogP contribution in [0.15, 0.2) is 24.5 Å². The van der Waals surface area contributed by atoms with Crippen LogP contribution in [0, 0.1) is 17.5 Å². The molecule has 3 N–H and O–H groups in total. The van der Waals surface area contributed by atoms with Crippen molar-refractivity contribution >= 4 is 0 Å². The van der Waals surface area contributed by atoms with Gasteiger partial charge in [0.25, 0.3) is 0 Å². The van der Waals surface area contributed by atoms with E-state index in [0.717, 1.165) is 12.1 Å². The Morgan fingerprint density at radius 1 is 1.08 bits per heavy atom. The number of aliphatic hydroxyl groups excluding tert-OH is 3. The topological polar surface area (TPSA) is 141 Å². The van der Waals surface area contributed by atoms with Gasteiger partial charge in [0.05, 0.1) is 36.2 Å². The summed E-state index contributed by atoms with van der Waals surface area (Å²) in [7, 11) is 1.42. The average molecular weight is 525 g/mol. The van der Waals surface area contributed by atoms with Crippen LogP contribution >= 0.6 is 0 Å². The normalized spacial score (nSPS) is 31.9. The molecule has 0 amide bonds. The molecule has 2 fully saturated rings. The Balaban J connectivity index is 1.42. The molecule has 2 aliphatic rings. The van der Waals surface area contributed by atoms with Crippen molar-refractivity contribution in [3.8, 4) is 11.3 Å². The van der Waals surface area contributed by atoms with E-state index in [9.17, 15) is 28.5 Å². The minimum absolute atomic E-state index is 0.0825. The molecule has 3 heterocycles. The third-order valence-corrected chi connectivity index (χ3v) is 7.22. The van der Waals surface area contributed by atoms with Crippen LogP contribution in [0.4, 0.5) is 13.2 Å². The first-order valence-electron chi connectivity index (χ1n) is 11.8. The molecule has 14 heteroatoms. The zero-order valence-corrected chi connectivity index (χ0v) is 20.1. The number of halogens is 3. The first-order chi connectivity index (χ1) is 17.6. The van der Waals surface area contributed by atoms with Gasteiger partial charge in [0.15, 0.2) is 17.5 Å². The number of nitrogens with zero attached hydrogens (tertiary/aromatic N) is 6. The van der Waals surface area contributed by atoms with E-state index in [2.05, 4.69) is 20.6 Å².